The molecule has 1 rings (SSSR count). The van der Waals surface area contributed by atoms with Crippen LogP contribution in [-0.4, -0.2) is 16.1 Å². The van der Waals surface area contributed by atoms with Gasteiger partial charge in [-0.3, -0.25) is 0 Å². The maximum Gasteiger partial charge on any atom is 0.336 e. The maximum atomic E-state index is 12.5. The first kappa shape index (κ1) is 12.8. The fourth-order valence-corrected chi connectivity index (χ4v) is 2.76. The second-order valence-corrected chi connectivity index (χ2v) is 4.18. The van der Waals surface area contributed by atoms with E-state index in [2.05, 4.69) is 20.9 Å². The Morgan fingerprint density at radius 1 is 1.67 bits per heavy atom. The van der Waals surface area contributed by atoms with Crippen molar-refractivity contribution in [3.8, 4) is 0 Å². The fraction of sp³-hybridized carbons (Fsp3) is 0.250. The van der Waals surface area contributed by atoms with Crippen LogP contribution in [0.15, 0.2) is 6.20 Å². The number of pyridine rings is 1. The van der Waals surface area contributed by atoms with Gasteiger partial charge in [-0.15, -0.1) is 0 Å². The molecule has 1 aromatic rings. The highest BCUT2D eigenvalue weighted by Crippen LogP contribution is 2.28. The van der Waals surface area contributed by atoms with Crippen LogP contribution in [0.3, 0.4) is 0 Å². The third-order valence-corrected chi connectivity index (χ3v) is 3.23. The molecule has 1 aromatic heterocycles. The third-order valence-electron chi connectivity index (χ3n) is 1.74. The van der Waals surface area contributed by atoms with E-state index >= 15 is 0 Å². The van der Waals surface area contributed by atoms with Gasteiger partial charge in [-0.05, 0) is 22.6 Å². The van der Waals surface area contributed by atoms with Crippen LogP contribution in [0.1, 0.15) is 27.9 Å². The van der Waals surface area contributed by atoms with E-state index in [9.17, 15) is 13.6 Å². The average Bonchev–Trinajstić information content (AvgIpc) is 2.16. The molecule has 0 saturated carbocycles. The van der Waals surface area contributed by atoms with Gasteiger partial charge in [-0.1, -0.05) is 15.9 Å². The van der Waals surface area contributed by atoms with E-state index in [1.807, 2.05) is 22.6 Å². The number of alkyl halides is 3. The molecule has 0 bridgehead atoms. The number of hydrogen-bond acceptors (Lipinski definition) is 2. The van der Waals surface area contributed by atoms with Crippen LogP contribution in [0.5, 0.6) is 0 Å². The molecule has 0 aliphatic heterocycles. The fourth-order valence-electron chi connectivity index (χ4n) is 1.09. The Bertz CT molecular complexity index is 400. The predicted molar refractivity (Wildman–Crippen MR) is 61.5 cm³/mol. The molecule has 0 fully saturated rings. The van der Waals surface area contributed by atoms with Crippen molar-refractivity contribution in [2.24, 2.45) is 0 Å². The lowest BCUT2D eigenvalue weighted by atomic mass is 10.1. The smallest absolute Gasteiger partial charge is 0.336 e. The topological polar surface area (TPSA) is 50.2 Å². The van der Waals surface area contributed by atoms with Crippen molar-refractivity contribution in [1.82, 2.24) is 4.98 Å². The number of rotatable bonds is 3. The van der Waals surface area contributed by atoms with E-state index in [4.69, 9.17) is 5.11 Å². The Kier molecular flexibility index (Phi) is 4.38. The van der Waals surface area contributed by atoms with E-state index < -0.39 is 18.0 Å². The predicted octanol–water partition coefficient (Wildman–Crippen LogP) is 3.22. The molecule has 15 heavy (non-hydrogen) atoms. The van der Waals surface area contributed by atoms with E-state index in [0.29, 0.717) is 3.70 Å². The second-order valence-electron chi connectivity index (χ2n) is 2.60. The van der Waals surface area contributed by atoms with Gasteiger partial charge in [0, 0.05) is 17.1 Å². The molecular formula is C8H5BrF2INO2. The summed E-state index contributed by atoms with van der Waals surface area (Å²) in [5, 5.41) is 9.05. The monoisotopic (exact) mass is 391 g/mol. The van der Waals surface area contributed by atoms with Crippen LogP contribution in [0, 0.1) is 3.70 Å². The van der Waals surface area contributed by atoms with Crippen molar-refractivity contribution in [1.29, 1.82) is 0 Å². The highest BCUT2D eigenvalue weighted by Gasteiger charge is 2.23. The number of aromatic carboxylic acids is 1. The van der Waals surface area contributed by atoms with Gasteiger partial charge in [-0.25, -0.2) is 18.6 Å². The van der Waals surface area contributed by atoms with Gasteiger partial charge < -0.3 is 5.11 Å². The Morgan fingerprint density at radius 3 is 2.67 bits per heavy atom. The summed E-state index contributed by atoms with van der Waals surface area (Å²) in [6.07, 6.45) is -1.93. The summed E-state index contributed by atoms with van der Waals surface area (Å²) in [5.74, 6) is -1.36. The first-order valence-corrected chi connectivity index (χ1v) is 5.93. The standard InChI is InChI=1S/C8H5BrF2INO2/c9-1-3-5(8(14)15)4(6(10)11)2-13-7(3)12/h2,6H,1H2,(H,14,15). The average molecular weight is 392 g/mol. The number of nitrogens with zero attached hydrogens (tertiary/aromatic N) is 1. The van der Waals surface area contributed by atoms with Gasteiger partial charge in [-0.2, -0.15) is 0 Å². The van der Waals surface area contributed by atoms with Crippen molar-refractivity contribution in [3.05, 3.63) is 26.6 Å². The van der Waals surface area contributed by atoms with E-state index in [1.165, 1.54) is 0 Å². The lowest BCUT2D eigenvalue weighted by Gasteiger charge is -2.10. The molecule has 1 N–H and O–H groups in total. The van der Waals surface area contributed by atoms with Crippen LogP contribution >= 0.6 is 38.5 Å². The lowest BCUT2D eigenvalue weighted by Crippen LogP contribution is -2.10. The molecule has 0 atom stereocenters. The zero-order chi connectivity index (χ0) is 11.6. The van der Waals surface area contributed by atoms with Crippen LogP contribution < -0.4 is 0 Å². The highest BCUT2D eigenvalue weighted by atomic mass is 127. The Hall–Kier alpha value is -0.310. The first-order valence-electron chi connectivity index (χ1n) is 3.73. The zero-order valence-corrected chi connectivity index (χ0v) is 10.9. The second kappa shape index (κ2) is 5.15. The summed E-state index contributed by atoms with van der Waals surface area (Å²) >= 11 is 4.87. The van der Waals surface area contributed by atoms with Crippen molar-refractivity contribution < 1.29 is 18.7 Å². The number of carboxylic acids is 1. The molecule has 0 spiro atoms. The number of carboxylic acid groups (broad SMARTS) is 1. The van der Waals surface area contributed by atoms with E-state index in [-0.39, 0.29) is 16.5 Å². The van der Waals surface area contributed by atoms with Gasteiger partial charge >= 0.3 is 5.97 Å². The number of halogens is 4. The minimum absolute atomic E-state index is 0.181. The molecule has 7 heteroatoms. The molecule has 1 heterocycles. The van der Waals surface area contributed by atoms with Crippen LogP contribution in [-0.2, 0) is 5.33 Å². The molecular weight excluding hydrogens is 387 g/mol. The van der Waals surface area contributed by atoms with Gasteiger partial charge in [0.15, 0.2) is 0 Å². The summed E-state index contributed by atoms with van der Waals surface area (Å²) in [4.78, 5) is 14.6. The highest BCUT2D eigenvalue weighted by molar-refractivity contribution is 14.1. The molecule has 0 unspecified atom stereocenters. The zero-order valence-electron chi connectivity index (χ0n) is 7.18. The molecule has 0 radical (unpaired) electrons. The summed E-state index contributed by atoms with van der Waals surface area (Å²) in [5.41, 5.74) is -0.625. The van der Waals surface area contributed by atoms with Gasteiger partial charge in [0.25, 0.3) is 6.43 Å². The number of aromatic nitrogens is 1. The van der Waals surface area contributed by atoms with Gasteiger partial charge in [0.05, 0.1) is 11.1 Å². The van der Waals surface area contributed by atoms with Crippen molar-refractivity contribution in [2.75, 3.05) is 0 Å². The SMILES string of the molecule is O=C(O)c1c(C(F)F)cnc(I)c1CBr. The minimum Gasteiger partial charge on any atom is -0.478 e. The van der Waals surface area contributed by atoms with Crippen LogP contribution in [0.4, 0.5) is 8.78 Å². The van der Waals surface area contributed by atoms with Crippen molar-refractivity contribution in [3.63, 3.8) is 0 Å². The molecule has 0 saturated heterocycles. The molecule has 3 nitrogen and oxygen atoms in total. The first-order chi connectivity index (χ1) is 6.99. The molecule has 0 aliphatic rings. The van der Waals surface area contributed by atoms with Gasteiger partial charge in [0.2, 0.25) is 0 Å². The molecule has 82 valence electrons. The normalized spacial score (nSPS) is 10.7. The minimum atomic E-state index is -2.83. The maximum absolute atomic E-state index is 12.5. The molecule has 0 aromatic carbocycles. The Morgan fingerprint density at radius 2 is 2.27 bits per heavy atom. The van der Waals surface area contributed by atoms with E-state index in [1.54, 1.807) is 0 Å². The Balaban J connectivity index is 3.49. The molecule has 0 amide bonds. The summed E-state index contributed by atoms with van der Waals surface area (Å²) in [7, 11) is 0. The van der Waals surface area contributed by atoms with Crippen LogP contribution in [0.2, 0.25) is 0 Å². The van der Waals surface area contributed by atoms with E-state index in [0.717, 1.165) is 6.20 Å². The van der Waals surface area contributed by atoms with Crippen molar-refractivity contribution in [2.45, 2.75) is 11.8 Å². The van der Waals surface area contributed by atoms with Gasteiger partial charge in [0.1, 0.15) is 3.70 Å². The molecule has 0 aliphatic carbocycles. The summed E-state index contributed by atoms with van der Waals surface area (Å²) in [6.45, 7) is 0. The summed E-state index contributed by atoms with van der Waals surface area (Å²) in [6, 6.07) is 0. The Labute approximate surface area is 106 Å². The number of hydrogen-bond donors (Lipinski definition) is 1. The largest absolute Gasteiger partial charge is 0.478 e. The lowest BCUT2D eigenvalue weighted by molar-refractivity contribution is 0.0683. The quantitative estimate of drug-likeness (QED) is 0.489. The third kappa shape index (κ3) is 2.63. The summed E-state index contributed by atoms with van der Waals surface area (Å²) < 4.78 is 25.4. The van der Waals surface area contributed by atoms with Crippen LogP contribution in [0.25, 0.3) is 0 Å². The van der Waals surface area contributed by atoms with Crippen molar-refractivity contribution >= 4 is 44.5 Å². The number of carbonyl (C=O) groups is 1.